The molecule has 8 nitrogen and oxygen atoms in total. The average molecular weight is 521 g/mol. The second-order valence-corrected chi connectivity index (χ2v) is 11.3. The van der Waals surface area contributed by atoms with Crippen molar-refractivity contribution in [2.75, 3.05) is 13.7 Å². The minimum Gasteiger partial charge on any atom is -0.465 e. The number of nitrogens with zero attached hydrogens (tertiary/aromatic N) is 1. The number of halogens is 1. The monoisotopic (exact) mass is 520 g/mol. The van der Waals surface area contributed by atoms with E-state index < -0.39 is 39.8 Å². The number of nitrogens with one attached hydrogen (secondary N) is 1. The first-order valence-electron chi connectivity index (χ1n) is 11.0. The summed E-state index contributed by atoms with van der Waals surface area (Å²) >= 11 is 5.87. The first kappa shape index (κ1) is 26.7. The van der Waals surface area contributed by atoms with E-state index >= 15 is 0 Å². The second-order valence-electron chi connectivity index (χ2n) is 9.18. The van der Waals surface area contributed by atoms with Gasteiger partial charge in [0.2, 0.25) is 10.0 Å². The number of carbonyl (C=O) groups is 2. The number of sulfonamides is 1. The van der Waals surface area contributed by atoms with Gasteiger partial charge in [-0.15, -0.1) is 0 Å². The van der Waals surface area contributed by atoms with Gasteiger partial charge in [-0.25, -0.2) is 22.7 Å². The van der Waals surface area contributed by atoms with Crippen LogP contribution in [0, 0.1) is 0 Å². The molecule has 10 heteroatoms. The highest BCUT2D eigenvalue weighted by Crippen LogP contribution is 2.25. The van der Waals surface area contributed by atoms with Crippen LogP contribution in [-0.4, -0.2) is 56.7 Å². The molecule has 1 saturated heterocycles. The summed E-state index contributed by atoms with van der Waals surface area (Å²) < 4.78 is 38.7. The molecule has 0 aliphatic carbocycles. The van der Waals surface area contributed by atoms with Gasteiger partial charge in [0.15, 0.2) is 0 Å². The Morgan fingerprint density at radius 2 is 1.71 bits per heavy atom. The Bertz CT molecular complexity index is 1190. The number of benzene rings is 2. The predicted octanol–water partition coefficient (Wildman–Crippen LogP) is 4.50. The number of hydrogen-bond acceptors (Lipinski definition) is 6. The maximum absolute atomic E-state index is 12.9. The van der Waals surface area contributed by atoms with Crippen molar-refractivity contribution in [3.8, 4) is 0 Å². The van der Waals surface area contributed by atoms with Crippen LogP contribution in [0.4, 0.5) is 4.79 Å². The van der Waals surface area contributed by atoms with Gasteiger partial charge >= 0.3 is 12.1 Å². The predicted molar refractivity (Wildman–Crippen MR) is 134 cm³/mol. The van der Waals surface area contributed by atoms with E-state index in [1.54, 1.807) is 45.0 Å². The third-order valence-corrected chi connectivity index (χ3v) is 7.05. The highest BCUT2D eigenvalue weighted by Gasteiger charge is 2.38. The maximum atomic E-state index is 12.9. The molecule has 1 amide bonds. The molecule has 3 rings (SSSR count). The van der Waals surface area contributed by atoms with Crippen LogP contribution in [0.15, 0.2) is 59.5 Å². The van der Waals surface area contributed by atoms with E-state index in [1.807, 2.05) is 12.2 Å². The van der Waals surface area contributed by atoms with Crippen LogP contribution in [0.3, 0.4) is 0 Å². The normalized spacial score (nSPS) is 18.6. The molecule has 1 fully saturated rings. The molecule has 2 aromatic rings. The first-order chi connectivity index (χ1) is 16.4. The number of likely N-dealkylation sites (tertiary alicyclic amines) is 1. The van der Waals surface area contributed by atoms with Crippen molar-refractivity contribution in [3.63, 3.8) is 0 Å². The highest BCUT2D eigenvalue weighted by atomic mass is 35.5. The number of rotatable bonds is 6. The van der Waals surface area contributed by atoms with Crippen LogP contribution in [0.5, 0.6) is 0 Å². The van der Waals surface area contributed by atoms with Crippen LogP contribution in [0.25, 0.3) is 6.08 Å². The van der Waals surface area contributed by atoms with Crippen LogP contribution in [0.1, 0.15) is 43.1 Å². The van der Waals surface area contributed by atoms with E-state index in [0.29, 0.717) is 17.0 Å². The van der Waals surface area contributed by atoms with E-state index in [0.717, 1.165) is 5.56 Å². The lowest BCUT2D eigenvalue weighted by molar-refractivity contribution is 0.0253. The van der Waals surface area contributed by atoms with Gasteiger partial charge in [-0.05, 0) is 69.2 Å². The molecule has 1 N–H and O–H groups in total. The standard InChI is InChI=1S/C25H29ClN2O6S/c1-25(2,3)34-24(30)28-16-20(27-35(31,32)22-13-10-19(26)11-14-22)15-21(28)12-7-17-5-8-18(9-6-17)23(29)33-4/h5-14,20-21,27H,15-16H2,1-4H3/b12-7+/t20-,21-/m1/s1. The molecule has 1 aliphatic heterocycles. The molecule has 1 aliphatic rings. The fourth-order valence-corrected chi connectivity index (χ4v) is 5.00. The van der Waals surface area contributed by atoms with Crippen molar-refractivity contribution in [1.29, 1.82) is 0 Å². The van der Waals surface area contributed by atoms with Gasteiger partial charge in [-0.1, -0.05) is 35.9 Å². The SMILES string of the molecule is COC(=O)c1ccc(/C=C/[C@@H]2C[C@@H](NS(=O)(=O)c3ccc(Cl)cc3)CN2C(=O)OC(C)(C)C)cc1. The molecule has 0 radical (unpaired) electrons. The summed E-state index contributed by atoms with van der Waals surface area (Å²) in [5.74, 6) is -0.428. The summed E-state index contributed by atoms with van der Waals surface area (Å²) in [7, 11) is -2.49. The lowest BCUT2D eigenvalue weighted by atomic mass is 10.1. The number of amides is 1. The van der Waals surface area contributed by atoms with Gasteiger partial charge < -0.3 is 14.4 Å². The average Bonchev–Trinajstić information content (AvgIpc) is 3.18. The topological polar surface area (TPSA) is 102 Å². The summed E-state index contributed by atoms with van der Waals surface area (Å²) in [5.41, 5.74) is 0.542. The second kappa shape index (κ2) is 10.8. The lowest BCUT2D eigenvalue weighted by Crippen LogP contribution is -2.41. The van der Waals surface area contributed by atoms with Crippen molar-refractivity contribution in [2.24, 2.45) is 0 Å². The van der Waals surface area contributed by atoms with Crippen molar-refractivity contribution in [3.05, 3.63) is 70.8 Å². The third kappa shape index (κ3) is 7.30. The third-order valence-electron chi connectivity index (χ3n) is 5.26. The molecule has 0 bridgehead atoms. The summed E-state index contributed by atoms with van der Waals surface area (Å²) in [6.07, 6.45) is 3.48. The quantitative estimate of drug-likeness (QED) is 0.563. The molecule has 2 aromatic carbocycles. The molecule has 0 spiro atoms. The number of esters is 1. The van der Waals surface area contributed by atoms with Gasteiger partial charge in [-0.2, -0.15) is 0 Å². The molecular weight excluding hydrogens is 492 g/mol. The summed E-state index contributed by atoms with van der Waals surface area (Å²) in [6, 6.07) is 11.8. The van der Waals surface area contributed by atoms with Gasteiger partial charge in [-0.3, -0.25) is 0 Å². The van der Waals surface area contributed by atoms with Crippen LogP contribution < -0.4 is 4.72 Å². The zero-order chi connectivity index (χ0) is 25.8. The van der Waals surface area contributed by atoms with E-state index in [9.17, 15) is 18.0 Å². The molecule has 35 heavy (non-hydrogen) atoms. The first-order valence-corrected chi connectivity index (χ1v) is 12.9. The lowest BCUT2D eigenvalue weighted by Gasteiger charge is -2.27. The Hall–Kier alpha value is -2.88. The minimum atomic E-state index is -3.81. The number of ether oxygens (including phenoxy) is 2. The zero-order valence-electron chi connectivity index (χ0n) is 20.0. The van der Waals surface area contributed by atoms with E-state index in [1.165, 1.54) is 36.3 Å². The highest BCUT2D eigenvalue weighted by molar-refractivity contribution is 7.89. The molecule has 188 valence electrons. The largest absolute Gasteiger partial charge is 0.465 e. The van der Waals surface area contributed by atoms with Crippen LogP contribution in [-0.2, 0) is 19.5 Å². The summed E-state index contributed by atoms with van der Waals surface area (Å²) in [5, 5.41) is 0.436. The Morgan fingerprint density at radius 1 is 1.09 bits per heavy atom. The van der Waals surface area contributed by atoms with Gasteiger partial charge in [0, 0.05) is 17.6 Å². The van der Waals surface area contributed by atoms with Crippen molar-refractivity contribution >= 4 is 39.8 Å². The van der Waals surface area contributed by atoms with Gasteiger partial charge in [0.25, 0.3) is 0 Å². The van der Waals surface area contributed by atoms with Crippen molar-refractivity contribution in [2.45, 2.75) is 49.8 Å². The minimum absolute atomic E-state index is 0.0930. The smallest absolute Gasteiger partial charge is 0.410 e. The van der Waals surface area contributed by atoms with Gasteiger partial charge in [0.05, 0.1) is 23.6 Å². The molecule has 0 saturated carbocycles. The maximum Gasteiger partial charge on any atom is 0.410 e. The van der Waals surface area contributed by atoms with Gasteiger partial charge in [0.1, 0.15) is 5.60 Å². The fraction of sp³-hybridized carbons (Fsp3) is 0.360. The number of carbonyl (C=O) groups excluding carboxylic acids is 2. The molecular formula is C25H29ClN2O6S. The van der Waals surface area contributed by atoms with Crippen LogP contribution >= 0.6 is 11.6 Å². The number of methoxy groups -OCH3 is 1. The Kier molecular flexibility index (Phi) is 8.25. The molecule has 2 atom stereocenters. The molecule has 0 aromatic heterocycles. The Labute approximate surface area is 210 Å². The van der Waals surface area contributed by atoms with E-state index in [2.05, 4.69) is 4.72 Å². The van der Waals surface area contributed by atoms with Crippen molar-refractivity contribution in [1.82, 2.24) is 9.62 Å². The summed E-state index contributed by atoms with van der Waals surface area (Å²) in [6.45, 7) is 5.47. The van der Waals surface area contributed by atoms with Crippen molar-refractivity contribution < 1.29 is 27.5 Å². The van der Waals surface area contributed by atoms with E-state index in [4.69, 9.17) is 21.1 Å². The number of hydrogen-bond donors (Lipinski definition) is 1. The molecule has 1 heterocycles. The van der Waals surface area contributed by atoms with Crippen LogP contribution in [0.2, 0.25) is 5.02 Å². The summed E-state index contributed by atoms with van der Waals surface area (Å²) in [4.78, 5) is 26.1. The zero-order valence-corrected chi connectivity index (χ0v) is 21.6. The fourth-order valence-electron chi connectivity index (χ4n) is 3.64. The van der Waals surface area contributed by atoms with E-state index in [-0.39, 0.29) is 11.4 Å². The molecule has 0 unspecified atom stereocenters. The Morgan fingerprint density at radius 3 is 2.29 bits per heavy atom. The Balaban J connectivity index is 1.79.